The zero-order chi connectivity index (χ0) is 14.6. The number of benzene rings is 2. The second-order valence-electron chi connectivity index (χ2n) is 4.45. The average molecular weight is 378 g/mol. The van der Waals surface area contributed by atoms with Crippen LogP contribution in [-0.4, -0.2) is 20.8 Å². The Hall–Kier alpha value is -0.780. The van der Waals surface area contributed by atoms with Crippen molar-refractivity contribution in [1.82, 2.24) is 0 Å². The molecular weight excluding hydrogens is 364 g/mol. The molecule has 0 fully saturated rings. The van der Waals surface area contributed by atoms with Gasteiger partial charge < -0.3 is 4.74 Å². The van der Waals surface area contributed by atoms with Gasteiger partial charge in [-0.1, -0.05) is 28.1 Å². The fourth-order valence-corrected chi connectivity index (χ4v) is 3.11. The summed E-state index contributed by atoms with van der Waals surface area (Å²) in [5.74, 6) is 0.775. The standard InChI is InChI=1S/C14H14BrClO3S/c15-13-5-3-12-10-14(6-4-11(12)9-13)19-7-1-2-8-20(16,17)18/h3-6,9-10H,1-2,7-8H2. The minimum Gasteiger partial charge on any atom is -0.494 e. The highest BCUT2D eigenvalue weighted by Crippen LogP contribution is 2.24. The molecule has 2 rings (SSSR count). The number of fused-ring (bicyclic) bond motifs is 1. The van der Waals surface area contributed by atoms with Crippen LogP contribution >= 0.6 is 26.6 Å². The maximum atomic E-state index is 10.8. The van der Waals surface area contributed by atoms with Crippen LogP contribution in [0.25, 0.3) is 10.8 Å². The van der Waals surface area contributed by atoms with Crippen molar-refractivity contribution in [2.75, 3.05) is 12.4 Å². The Bertz CT molecular complexity index is 701. The first-order valence-electron chi connectivity index (χ1n) is 6.18. The predicted molar refractivity (Wildman–Crippen MR) is 86.0 cm³/mol. The third kappa shape index (κ3) is 4.96. The minimum absolute atomic E-state index is 0.0103. The van der Waals surface area contributed by atoms with E-state index in [1.807, 2.05) is 36.4 Å². The molecule has 0 unspecified atom stereocenters. The van der Waals surface area contributed by atoms with Crippen LogP contribution in [0.1, 0.15) is 12.8 Å². The normalized spacial score (nSPS) is 11.7. The van der Waals surface area contributed by atoms with Crippen molar-refractivity contribution in [2.45, 2.75) is 12.8 Å². The molecule has 6 heteroatoms. The van der Waals surface area contributed by atoms with Crippen molar-refractivity contribution < 1.29 is 13.2 Å². The Balaban J connectivity index is 1.89. The van der Waals surface area contributed by atoms with E-state index >= 15 is 0 Å². The van der Waals surface area contributed by atoms with Gasteiger partial charge in [0.05, 0.1) is 12.4 Å². The van der Waals surface area contributed by atoms with Crippen molar-refractivity contribution in [3.05, 3.63) is 40.9 Å². The summed E-state index contributed by atoms with van der Waals surface area (Å²) in [6.07, 6.45) is 1.16. The monoisotopic (exact) mass is 376 g/mol. The Morgan fingerprint density at radius 1 is 1.05 bits per heavy atom. The van der Waals surface area contributed by atoms with Crippen molar-refractivity contribution in [3.8, 4) is 5.75 Å². The molecule has 0 amide bonds. The van der Waals surface area contributed by atoms with E-state index in [9.17, 15) is 8.42 Å². The smallest absolute Gasteiger partial charge is 0.232 e. The summed E-state index contributed by atoms with van der Waals surface area (Å²) in [4.78, 5) is 0. The summed E-state index contributed by atoms with van der Waals surface area (Å²) < 4.78 is 28.2. The molecule has 2 aromatic carbocycles. The molecule has 0 aliphatic heterocycles. The van der Waals surface area contributed by atoms with Gasteiger partial charge in [0.25, 0.3) is 0 Å². The van der Waals surface area contributed by atoms with Gasteiger partial charge >= 0.3 is 0 Å². The van der Waals surface area contributed by atoms with Gasteiger partial charge in [-0.2, -0.15) is 0 Å². The Morgan fingerprint density at radius 2 is 1.75 bits per heavy atom. The zero-order valence-corrected chi connectivity index (χ0v) is 13.8. The summed E-state index contributed by atoms with van der Waals surface area (Å²) in [5, 5.41) is 2.24. The minimum atomic E-state index is -3.39. The number of halogens is 2. The van der Waals surface area contributed by atoms with Crippen molar-refractivity contribution >= 4 is 46.4 Å². The van der Waals surface area contributed by atoms with Gasteiger partial charge in [0.1, 0.15) is 5.75 Å². The van der Waals surface area contributed by atoms with E-state index < -0.39 is 9.05 Å². The van der Waals surface area contributed by atoms with Crippen LogP contribution in [0.4, 0.5) is 0 Å². The van der Waals surface area contributed by atoms with Gasteiger partial charge in [-0.05, 0) is 47.9 Å². The maximum absolute atomic E-state index is 10.8. The molecule has 0 saturated heterocycles. The Kier molecular flexibility index (Phi) is 5.29. The summed E-state index contributed by atoms with van der Waals surface area (Å²) in [6.45, 7) is 0.481. The molecule has 0 bridgehead atoms. The Labute approximate surface area is 131 Å². The zero-order valence-electron chi connectivity index (χ0n) is 10.7. The van der Waals surface area contributed by atoms with Gasteiger partial charge in [-0.3, -0.25) is 0 Å². The van der Waals surface area contributed by atoms with E-state index in [-0.39, 0.29) is 5.75 Å². The molecule has 0 radical (unpaired) electrons. The highest BCUT2D eigenvalue weighted by atomic mass is 79.9. The van der Waals surface area contributed by atoms with Crippen LogP contribution in [0.5, 0.6) is 5.75 Å². The van der Waals surface area contributed by atoms with Crippen molar-refractivity contribution in [2.24, 2.45) is 0 Å². The van der Waals surface area contributed by atoms with Gasteiger partial charge in [0.15, 0.2) is 0 Å². The average Bonchev–Trinajstić information content (AvgIpc) is 2.37. The summed E-state index contributed by atoms with van der Waals surface area (Å²) in [5.41, 5.74) is 0. The largest absolute Gasteiger partial charge is 0.494 e. The van der Waals surface area contributed by atoms with Crippen LogP contribution in [0.3, 0.4) is 0 Å². The maximum Gasteiger partial charge on any atom is 0.232 e. The second kappa shape index (κ2) is 6.78. The molecule has 0 heterocycles. The summed E-state index contributed by atoms with van der Waals surface area (Å²) >= 11 is 3.43. The van der Waals surface area contributed by atoms with Gasteiger partial charge in [-0.15, -0.1) is 0 Å². The van der Waals surface area contributed by atoms with Crippen LogP contribution in [-0.2, 0) is 9.05 Å². The van der Waals surface area contributed by atoms with Crippen LogP contribution < -0.4 is 4.74 Å². The quantitative estimate of drug-likeness (QED) is 0.556. The fraction of sp³-hybridized carbons (Fsp3) is 0.286. The first kappa shape index (κ1) is 15.6. The molecule has 3 nitrogen and oxygen atoms in total. The first-order valence-corrected chi connectivity index (χ1v) is 9.46. The number of ether oxygens (including phenoxy) is 1. The first-order chi connectivity index (χ1) is 9.44. The molecule has 0 aliphatic rings. The van der Waals surface area contributed by atoms with Crippen molar-refractivity contribution in [3.63, 3.8) is 0 Å². The van der Waals surface area contributed by atoms with Crippen molar-refractivity contribution in [1.29, 1.82) is 0 Å². The van der Waals surface area contributed by atoms with Gasteiger partial charge in [0.2, 0.25) is 9.05 Å². The predicted octanol–water partition coefficient (Wildman–Crippen LogP) is 4.33. The van der Waals surface area contributed by atoms with E-state index in [2.05, 4.69) is 15.9 Å². The molecule has 0 saturated carbocycles. The van der Waals surface area contributed by atoms with E-state index in [4.69, 9.17) is 15.4 Å². The number of hydrogen-bond donors (Lipinski definition) is 0. The highest BCUT2D eigenvalue weighted by molar-refractivity contribution is 9.10. The lowest BCUT2D eigenvalue weighted by atomic mass is 10.1. The van der Waals surface area contributed by atoms with Gasteiger partial charge in [0, 0.05) is 15.2 Å². The van der Waals surface area contributed by atoms with E-state index in [0.29, 0.717) is 19.4 Å². The van der Waals surface area contributed by atoms with Gasteiger partial charge in [-0.25, -0.2) is 8.42 Å². The molecule has 0 N–H and O–H groups in total. The molecule has 108 valence electrons. The molecule has 2 aromatic rings. The summed E-state index contributed by atoms with van der Waals surface area (Å²) in [6, 6.07) is 11.9. The van der Waals surface area contributed by atoms with E-state index in [1.165, 1.54) is 0 Å². The van der Waals surface area contributed by atoms with Crippen LogP contribution in [0.2, 0.25) is 0 Å². The SMILES string of the molecule is O=S(=O)(Cl)CCCCOc1ccc2cc(Br)ccc2c1. The molecular formula is C14H14BrClO3S. The molecule has 0 aliphatic carbocycles. The molecule has 0 aromatic heterocycles. The lowest BCUT2D eigenvalue weighted by Crippen LogP contribution is -2.02. The molecule has 20 heavy (non-hydrogen) atoms. The topological polar surface area (TPSA) is 43.4 Å². The highest BCUT2D eigenvalue weighted by Gasteiger charge is 2.04. The summed E-state index contributed by atoms with van der Waals surface area (Å²) in [7, 11) is 1.74. The lowest BCUT2D eigenvalue weighted by molar-refractivity contribution is 0.310. The number of hydrogen-bond acceptors (Lipinski definition) is 3. The third-order valence-electron chi connectivity index (χ3n) is 2.82. The van der Waals surface area contributed by atoms with E-state index in [1.54, 1.807) is 0 Å². The molecule has 0 atom stereocenters. The third-order valence-corrected chi connectivity index (χ3v) is 4.56. The second-order valence-corrected chi connectivity index (χ2v) is 8.26. The lowest BCUT2D eigenvalue weighted by Gasteiger charge is -2.07. The Morgan fingerprint density at radius 3 is 2.50 bits per heavy atom. The van der Waals surface area contributed by atoms with E-state index in [0.717, 1.165) is 21.0 Å². The molecule has 0 spiro atoms. The van der Waals surface area contributed by atoms with Crippen LogP contribution in [0.15, 0.2) is 40.9 Å². The number of rotatable bonds is 6. The van der Waals surface area contributed by atoms with Crippen LogP contribution in [0, 0.1) is 0 Å². The fourth-order valence-electron chi connectivity index (χ4n) is 1.85. The number of unbranched alkanes of at least 4 members (excludes halogenated alkanes) is 1.